The molecular weight excluding hydrogens is 292 g/mol. The van der Waals surface area contributed by atoms with E-state index in [1.54, 1.807) is 4.90 Å². The fraction of sp³-hybridized carbons (Fsp3) is 0.214. The Morgan fingerprint density at radius 1 is 1.30 bits per heavy atom. The molecule has 6 heteroatoms. The molecule has 3 rings (SSSR count). The van der Waals surface area contributed by atoms with Crippen molar-refractivity contribution in [2.24, 2.45) is 0 Å². The summed E-state index contributed by atoms with van der Waals surface area (Å²) < 4.78 is 0.400. The Kier molecular flexibility index (Phi) is 3.35. The van der Waals surface area contributed by atoms with Gasteiger partial charge >= 0.3 is 0 Å². The Labute approximate surface area is 126 Å². The van der Waals surface area contributed by atoms with Crippen molar-refractivity contribution >= 4 is 51.4 Å². The molecule has 2 amide bonds. The summed E-state index contributed by atoms with van der Waals surface area (Å²) in [4.78, 5) is 26.7. The lowest BCUT2D eigenvalue weighted by Crippen LogP contribution is -2.27. The number of carbonyl (C=O) groups is 2. The molecule has 1 aromatic carbocycles. The van der Waals surface area contributed by atoms with E-state index < -0.39 is 0 Å². The molecule has 2 aliphatic heterocycles. The molecule has 2 aliphatic rings. The Bertz CT molecular complexity index is 667. The zero-order valence-electron chi connectivity index (χ0n) is 10.8. The van der Waals surface area contributed by atoms with E-state index in [1.807, 2.05) is 31.2 Å². The first-order valence-electron chi connectivity index (χ1n) is 6.32. The summed E-state index contributed by atoms with van der Waals surface area (Å²) in [6.07, 6.45) is 0.862. The molecule has 0 saturated carbocycles. The molecule has 20 heavy (non-hydrogen) atoms. The quantitative estimate of drug-likeness (QED) is 0.673. The maximum atomic E-state index is 12.6. The van der Waals surface area contributed by atoms with Crippen LogP contribution >= 0.6 is 24.0 Å². The molecule has 1 fully saturated rings. The van der Waals surface area contributed by atoms with Gasteiger partial charge in [-0.15, -0.1) is 0 Å². The lowest BCUT2D eigenvalue weighted by atomic mass is 10.1. The average molecular weight is 304 g/mol. The highest BCUT2D eigenvalue weighted by Crippen LogP contribution is 2.42. The van der Waals surface area contributed by atoms with Crippen molar-refractivity contribution in [3.63, 3.8) is 0 Å². The highest BCUT2D eigenvalue weighted by atomic mass is 32.2. The first-order valence-corrected chi connectivity index (χ1v) is 7.54. The molecule has 0 radical (unpaired) electrons. The van der Waals surface area contributed by atoms with Crippen molar-refractivity contribution in [2.45, 2.75) is 13.3 Å². The van der Waals surface area contributed by atoms with Gasteiger partial charge in [-0.25, -0.2) is 0 Å². The van der Waals surface area contributed by atoms with Gasteiger partial charge in [-0.2, -0.15) is 0 Å². The van der Waals surface area contributed by atoms with Crippen LogP contribution in [0.25, 0.3) is 5.57 Å². The van der Waals surface area contributed by atoms with Crippen molar-refractivity contribution in [2.75, 3.05) is 11.4 Å². The van der Waals surface area contributed by atoms with Crippen LogP contribution < -0.4 is 10.2 Å². The SMILES string of the molecule is CCCN1C(=O)/C(=C2\SC(=S)NC2=O)c2ccccc21. The number of nitrogens with zero attached hydrogens (tertiary/aromatic N) is 1. The van der Waals surface area contributed by atoms with Crippen molar-refractivity contribution < 1.29 is 9.59 Å². The number of nitrogens with one attached hydrogen (secondary N) is 1. The zero-order valence-corrected chi connectivity index (χ0v) is 12.4. The van der Waals surface area contributed by atoms with Crippen molar-refractivity contribution in [1.29, 1.82) is 0 Å². The van der Waals surface area contributed by atoms with Crippen LogP contribution in [0.3, 0.4) is 0 Å². The second-order valence-corrected chi connectivity index (χ2v) is 6.21. The average Bonchev–Trinajstić information content (AvgIpc) is 2.88. The molecule has 0 atom stereocenters. The summed E-state index contributed by atoms with van der Waals surface area (Å²) in [5, 5.41) is 2.57. The number of anilines is 1. The second-order valence-electron chi connectivity index (χ2n) is 4.52. The van der Waals surface area contributed by atoms with Crippen LogP contribution in [0, 0.1) is 0 Å². The number of hydrogen-bond donors (Lipinski definition) is 1. The maximum absolute atomic E-state index is 12.6. The third kappa shape index (κ3) is 1.96. The number of benzene rings is 1. The third-order valence-electron chi connectivity index (χ3n) is 3.21. The van der Waals surface area contributed by atoms with Gasteiger partial charge in [-0.05, 0) is 12.5 Å². The molecule has 102 valence electrons. The minimum atomic E-state index is -0.281. The van der Waals surface area contributed by atoms with E-state index >= 15 is 0 Å². The van der Waals surface area contributed by atoms with Crippen LogP contribution in [0.1, 0.15) is 18.9 Å². The van der Waals surface area contributed by atoms with Gasteiger partial charge in [0.1, 0.15) is 4.32 Å². The van der Waals surface area contributed by atoms with Crippen LogP contribution in [-0.2, 0) is 9.59 Å². The fourth-order valence-electron chi connectivity index (χ4n) is 2.42. The molecule has 0 unspecified atom stereocenters. The molecule has 0 aliphatic carbocycles. The Balaban J connectivity index is 2.18. The standard InChI is InChI=1S/C14H12N2O2S2/c1-2-7-16-9-6-4-3-5-8(9)10(13(16)18)11-12(17)15-14(19)20-11/h3-6H,2,7H2,1H3,(H,15,17,19)/b11-10-. The number of para-hydroxylation sites is 1. The predicted octanol–water partition coefficient (Wildman–Crippen LogP) is 2.30. The molecule has 1 N–H and O–H groups in total. The number of amides is 2. The van der Waals surface area contributed by atoms with Crippen molar-refractivity contribution in [3.05, 3.63) is 34.7 Å². The summed E-state index contributed by atoms with van der Waals surface area (Å²) in [5.41, 5.74) is 2.15. The molecule has 0 spiro atoms. The molecule has 1 aromatic rings. The minimum absolute atomic E-state index is 0.115. The largest absolute Gasteiger partial charge is 0.308 e. The number of hydrogen-bond acceptors (Lipinski definition) is 4. The van der Waals surface area contributed by atoms with Crippen LogP contribution in [0.15, 0.2) is 29.2 Å². The third-order valence-corrected chi connectivity index (χ3v) is 4.45. The van der Waals surface area contributed by atoms with Gasteiger partial charge in [-0.1, -0.05) is 49.1 Å². The van der Waals surface area contributed by atoms with Crippen molar-refractivity contribution in [1.82, 2.24) is 5.32 Å². The first-order chi connectivity index (χ1) is 9.63. The smallest absolute Gasteiger partial charge is 0.264 e. The number of carbonyl (C=O) groups excluding carboxylic acids is 2. The lowest BCUT2D eigenvalue weighted by Gasteiger charge is -2.15. The first kappa shape index (κ1) is 13.3. The zero-order chi connectivity index (χ0) is 14.3. The van der Waals surface area contributed by atoms with Crippen molar-refractivity contribution in [3.8, 4) is 0 Å². The number of rotatable bonds is 2. The van der Waals surface area contributed by atoms with Gasteiger partial charge in [-0.3, -0.25) is 9.59 Å². The minimum Gasteiger partial charge on any atom is -0.308 e. The molecule has 4 nitrogen and oxygen atoms in total. The topological polar surface area (TPSA) is 49.4 Å². The lowest BCUT2D eigenvalue weighted by molar-refractivity contribution is -0.116. The van der Waals surface area contributed by atoms with Gasteiger partial charge in [0.05, 0.1) is 16.2 Å². The number of fused-ring (bicyclic) bond motifs is 1. The maximum Gasteiger partial charge on any atom is 0.264 e. The van der Waals surface area contributed by atoms with Gasteiger partial charge < -0.3 is 10.2 Å². The fourth-order valence-corrected chi connectivity index (χ4v) is 3.54. The molecule has 0 bridgehead atoms. The van der Waals surface area contributed by atoms with E-state index in [2.05, 4.69) is 5.32 Å². The highest BCUT2D eigenvalue weighted by molar-refractivity contribution is 8.27. The van der Waals surface area contributed by atoms with E-state index in [0.717, 1.165) is 29.4 Å². The predicted molar refractivity (Wildman–Crippen MR) is 84.3 cm³/mol. The number of thioether (sulfide) groups is 1. The van der Waals surface area contributed by atoms with Gasteiger partial charge in [0.25, 0.3) is 11.8 Å². The monoisotopic (exact) mass is 304 g/mol. The van der Waals surface area contributed by atoms with Crippen LogP contribution in [-0.4, -0.2) is 22.7 Å². The van der Waals surface area contributed by atoms with E-state index in [4.69, 9.17) is 12.2 Å². The molecule has 2 heterocycles. The summed E-state index contributed by atoms with van der Waals surface area (Å²) in [6, 6.07) is 7.56. The molecular formula is C14H12N2O2S2. The van der Waals surface area contributed by atoms with Gasteiger partial charge in [0.15, 0.2) is 0 Å². The summed E-state index contributed by atoms with van der Waals surface area (Å²) >= 11 is 6.16. The van der Waals surface area contributed by atoms with Crippen LogP contribution in [0.4, 0.5) is 5.69 Å². The van der Waals surface area contributed by atoms with E-state index in [1.165, 1.54) is 0 Å². The molecule has 0 aromatic heterocycles. The van der Waals surface area contributed by atoms with Crippen LogP contribution in [0.2, 0.25) is 0 Å². The van der Waals surface area contributed by atoms with Crippen LogP contribution in [0.5, 0.6) is 0 Å². The summed E-state index contributed by atoms with van der Waals surface area (Å²) in [6.45, 7) is 2.66. The Morgan fingerprint density at radius 3 is 2.70 bits per heavy atom. The van der Waals surface area contributed by atoms with E-state index in [-0.39, 0.29) is 11.8 Å². The molecule has 1 saturated heterocycles. The van der Waals surface area contributed by atoms with E-state index in [0.29, 0.717) is 21.3 Å². The number of thiocarbonyl (C=S) groups is 1. The normalized spacial score (nSPS) is 21.4. The van der Waals surface area contributed by atoms with Gasteiger partial charge in [0, 0.05) is 12.1 Å². The summed E-state index contributed by atoms with van der Waals surface area (Å²) in [5.74, 6) is -0.396. The highest BCUT2D eigenvalue weighted by Gasteiger charge is 2.38. The summed E-state index contributed by atoms with van der Waals surface area (Å²) in [7, 11) is 0. The Morgan fingerprint density at radius 2 is 2.05 bits per heavy atom. The Hall–Kier alpha value is -1.66. The second kappa shape index (κ2) is 5.03. The van der Waals surface area contributed by atoms with Gasteiger partial charge in [0.2, 0.25) is 0 Å². The van der Waals surface area contributed by atoms with E-state index in [9.17, 15) is 9.59 Å².